The number of carbonyl (C=O) groups is 3. The van der Waals surface area contributed by atoms with Crippen LogP contribution in [0.15, 0.2) is 0 Å². The fourth-order valence-corrected chi connectivity index (χ4v) is 1.57. The van der Waals surface area contributed by atoms with Crippen LogP contribution in [0.5, 0.6) is 0 Å². The minimum absolute atomic E-state index is 0.0247. The summed E-state index contributed by atoms with van der Waals surface area (Å²) in [6.45, 7) is 11.2. The predicted molar refractivity (Wildman–Crippen MR) is 85.3 cm³/mol. The number of hydrogen-bond donors (Lipinski definition) is 3. The van der Waals surface area contributed by atoms with Crippen molar-refractivity contribution in [3.63, 3.8) is 0 Å². The number of carbonyl (C=O) groups excluding carboxylic acids is 2. The molecule has 0 aliphatic rings. The number of nitrogens with one attached hydrogen (secondary N) is 2. The van der Waals surface area contributed by atoms with Gasteiger partial charge in [-0.1, -0.05) is 41.5 Å². The van der Waals surface area contributed by atoms with Crippen molar-refractivity contribution in [1.29, 1.82) is 0 Å². The first-order valence-corrected chi connectivity index (χ1v) is 7.68. The maximum atomic E-state index is 11.8. The molecule has 0 aliphatic heterocycles. The molecule has 0 rings (SSSR count). The second-order valence-electron chi connectivity index (χ2n) is 7.62. The third-order valence-electron chi connectivity index (χ3n) is 3.17. The van der Waals surface area contributed by atoms with Gasteiger partial charge in [0.15, 0.2) is 0 Å². The minimum Gasteiger partial charge on any atom is -0.480 e. The van der Waals surface area contributed by atoms with E-state index in [1.807, 2.05) is 20.8 Å². The summed E-state index contributed by atoms with van der Waals surface area (Å²) in [6, 6.07) is -0.884. The normalized spacial score (nSPS) is 13.4. The number of amides is 2. The van der Waals surface area contributed by atoms with E-state index in [1.165, 1.54) is 0 Å². The molecule has 3 N–H and O–H groups in total. The highest BCUT2D eigenvalue weighted by molar-refractivity contribution is 5.86. The van der Waals surface area contributed by atoms with Gasteiger partial charge in [0, 0.05) is 17.4 Å². The van der Waals surface area contributed by atoms with E-state index in [2.05, 4.69) is 10.6 Å². The zero-order chi connectivity index (χ0) is 17.6. The molecule has 0 heterocycles. The average Bonchev–Trinajstić information content (AvgIpc) is 2.33. The number of unbranched alkanes of at least 4 members (excludes halogenated alkanes) is 1. The summed E-state index contributed by atoms with van der Waals surface area (Å²) in [5.74, 6) is -1.33. The quantitative estimate of drug-likeness (QED) is 0.626. The van der Waals surface area contributed by atoms with Crippen LogP contribution in [-0.4, -0.2) is 35.5 Å². The molecule has 0 fully saturated rings. The molecule has 1 atom stereocenters. The second kappa shape index (κ2) is 8.15. The lowest BCUT2D eigenvalue weighted by Crippen LogP contribution is -2.45. The summed E-state index contributed by atoms with van der Waals surface area (Å²) in [4.78, 5) is 34.7. The Morgan fingerprint density at radius 2 is 1.41 bits per heavy atom. The van der Waals surface area contributed by atoms with Crippen LogP contribution in [0.25, 0.3) is 0 Å². The molecular formula is C16H30N2O4. The lowest BCUT2D eigenvalue weighted by atomic mass is 9.94. The average molecular weight is 314 g/mol. The summed E-state index contributed by atoms with van der Waals surface area (Å²) in [6.07, 6.45) is 1.64. The van der Waals surface area contributed by atoms with E-state index in [-0.39, 0.29) is 11.8 Å². The molecule has 0 bridgehead atoms. The highest BCUT2D eigenvalue weighted by Gasteiger charge is 2.27. The fourth-order valence-electron chi connectivity index (χ4n) is 1.57. The van der Waals surface area contributed by atoms with Crippen LogP contribution in [0.3, 0.4) is 0 Å². The summed E-state index contributed by atoms with van der Waals surface area (Å²) >= 11 is 0. The molecule has 0 saturated heterocycles. The van der Waals surface area contributed by atoms with Crippen LogP contribution in [0, 0.1) is 10.8 Å². The number of carboxylic acids is 1. The van der Waals surface area contributed by atoms with Crippen LogP contribution in [0.4, 0.5) is 0 Å². The summed E-state index contributed by atoms with van der Waals surface area (Å²) in [7, 11) is 0. The number of carboxylic acid groups (broad SMARTS) is 1. The van der Waals surface area contributed by atoms with E-state index in [9.17, 15) is 14.4 Å². The summed E-state index contributed by atoms with van der Waals surface area (Å²) in [5, 5.41) is 14.5. The zero-order valence-corrected chi connectivity index (χ0v) is 14.6. The smallest absolute Gasteiger partial charge is 0.326 e. The summed E-state index contributed by atoms with van der Waals surface area (Å²) in [5.41, 5.74) is -1.04. The van der Waals surface area contributed by atoms with Crippen molar-refractivity contribution < 1.29 is 19.5 Å². The van der Waals surface area contributed by atoms with Crippen LogP contribution < -0.4 is 10.6 Å². The molecule has 22 heavy (non-hydrogen) atoms. The Labute approximate surface area is 133 Å². The van der Waals surface area contributed by atoms with E-state index >= 15 is 0 Å². The van der Waals surface area contributed by atoms with Crippen LogP contribution in [0.2, 0.25) is 0 Å². The lowest BCUT2D eigenvalue weighted by Gasteiger charge is -2.22. The van der Waals surface area contributed by atoms with Crippen molar-refractivity contribution in [1.82, 2.24) is 10.6 Å². The van der Waals surface area contributed by atoms with Gasteiger partial charge in [-0.3, -0.25) is 9.59 Å². The lowest BCUT2D eigenvalue weighted by molar-refractivity contribution is -0.143. The van der Waals surface area contributed by atoms with Gasteiger partial charge in [0.05, 0.1) is 0 Å². The predicted octanol–water partition coefficient (Wildman–Crippen LogP) is 1.93. The van der Waals surface area contributed by atoms with Gasteiger partial charge in [-0.2, -0.15) is 0 Å². The molecule has 2 amide bonds. The van der Waals surface area contributed by atoms with Gasteiger partial charge >= 0.3 is 5.97 Å². The maximum Gasteiger partial charge on any atom is 0.326 e. The largest absolute Gasteiger partial charge is 0.480 e. The zero-order valence-electron chi connectivity index (χ0n) is 14.6. The van der Waals surface area contributed by atoms with Crippen molar-refractivity contribution in [2.75, 3.05) is 6.54 Å². The van der Waals surface area contributed by atoms with Gasteiger partial charge in [-0.15, -0.1) is 0 Å². The Hall–Kier alpha value is -1.59. The van der Waals surface area contributed by atoms with Gasteiger partial charge in [-0.05, 0) is 19.3 Å². The van der Waals surface area contributed by atoms with Crippen molar-refractivity contribution in [3.8, 4) is 0 Å². The SMILES string of the molecule is CC(C)(C)C(=O)NCCCC[C@H](NC(=O)C(C)(C)C)C(=O)O. The fraction of sp³-hybridized carbons (Fsp3) is 0.812. The van der Waals surface area contributed by atoms with Gasteiger partial charge in [0.2, 0.25) is 11.8 Å². The molecule has 128 valence electrons. The highest BCUT2D eigenvalue weighted by atomic mass is 16.4. The Bertz CT molecular complexity index is 405. The molecule has 6 nitrogen and oxygen atoms in total. The van der Waals surface area contributed by atoms with E-state index in [4.69, 9.17) is 5.11 Å². The molecule has 6 heteroatoms. The number of hydrogen-bond acceptors (Lipinski definition) is 3. The molecule has 0 radical (unpaired) electrons. The molecule has 0 spiro atoms. The van der Waals surface area contributed by atoms with Crippen molar-refractivity contribution in [2.24, 2.45) is 10.8 Å². The topological polar surface area (TPSA) is 95.5 Å². The Balaban J connectivity index is 4.16. The first-order chi connectivity index (χ1) is 9.85. The first kappa shape index (κ1) is 20.4. The maximum absolute atomic E-state index is 11.8. The van der Waals surface area contributed by atoms with E-state index in [0.29, 0.717) is 25.8 Å². The van der Waals surface area contributed by atoms with Crippen LogP contribution >= 0.6 is 0 Å². The number of rotatable bonds is 7. The van der Waals surface area contributed by atoms with E-state index in [1.54, 1.807) is 20.8 Å². The third-order valence-corrected chi connectivity index (χ3v) is 3.17. The molecule has 0 aromatic heterocycles. The van der Waals surface area contributed by atoms with Gasteiger partial charge in [-0.25, -0.2) is 4.79 Å². The Kier molecular flexibility index (Phi) is 7.56. The van der Waals surface area contributed by atoms with Crippen LogP contribution in [-0.2, 0) is 14.4 Å². The minimum atomic E-state index is -1.03. The van der Waals surface area contributed by atoms with Crippen molar-refractivity contribution in [3.05, 3.63) is 0 Å². The standard InChI is InChI=1S/C16H30N2O4/c1-15(2,3)13(21)17-10-8-7-9-11(12(19)20)18-14(22)16(4,5)6/h11H,7-10H2,1-6H3,(H,17,21)(H,18,22)(H,19,20)/t11-/m0/s1. The number of aliphatic carboxylic acids is 1. The highest BCUT2D eigenvalue weighted by Crippen LogP contribution is 2.14. The van der Waals surface area contributed by atoms with E-state index < -0.39 is 22.8 Å². The molecule has 0 aromatic carbocycles. The van der Waals surface area contributed by atoms with Crippen LogP contribution in [0.1, 0.15) is 60.8 Å². The molecule has 0 unspecified atom stereocenters. The molecule has 0 saturated carbocycles. The molecule has 0 aromatic rings. The third kappa shape index (κ3) is 8.00. The van der Waals surface area contributed by atoms with E-state index in [0.717, 1.165) is 0 Å². The molecular weight excluding hydrogens is 284 g/mol. The first-order valence-electron chi connectivity index (χ1n) is 7.68. The van der Waals surface area contributed by atoms with Gasteiger partial charge < -0.3 is 15.7 Å². The van der Waals surface area contributed by atoms with Crippen molar-refractivity contribution >= 4 is 17.8 Å². The van der Waals surface area contributed by atoms with Gasteiger partial charge in [0.1, 0.15) is 6.04 Å². The Morgan fingerprint density at radius 3 is 1.82 bits per heavy atom. The summed E-state index contributed by atoms with van der Waals surface area (Å²) < 4.78 is 0. The van der Waals surface area contributed by atoms with Crippen molar-refractivity contribution in [2.45, 2.75) is 66.8 Å². The molecule has 0 aliphatic carbocycles. The Morgan fingerprint density at radius 1 is 0.909 bits per heavy atom. The van der Waals surface area contributed by atoms with Gasteiger partial charge in [0.25, 0.3) is 0 Å². The second-order valence-corrected chi connectivity index (χ2v) is 7.62. The monoisotopic (exact) mass is 314 g/mol.